The van der Waals surface area contributed by atoms with Gasteiger partial charge in [-0.1, -0.05) is 89.8 Å². The summed E-state index contributed by atoms with van der Waals surface area (Å²) in [6.45, 7) is 10.1. The number of hydrogen-bond acceptors (Lipinski definition) is 1. The van der Waals surface area contributed by atoms with E-state index in [2.05, 4.69) is 80.8 Å². The number of aromatic nitrogens is 2. The molecule has 26 heavy (non-hydrogen) atoms. The van der Waals surface area contributed by atoms with E-state index in [4.69, 9.17) is 4.98 Å². The van der Waals surface area contributed by atoms with Crippen LogP contribution in [0, 0.1) is 0 Å². The maximum absolute atomic E-state index is 4.95. The average molecular weight is 349 g/mol. The Morgan fingerprint density at radius 1 is 0.846 bits per heavy atom. The number of para-hydroxylation sites is 2. The van der Waals surface area contributed by atoms with Crippen molar-refractivity contribution in [1.82, 2.24) is 9.55 Å². The largest absolute Gasteiger partial charge is 0.324 e. The minimum Gasteiger partial charge on any atom is -0.324 e. The van der Waals surface area contributed by atoms with Crippen LogP contribution in [0.4, 0.5) is 0 Å². The summed E-state index contributed by atoms with van der Waals surface area (Å²) in [7, 11) is 0. The molecule has 0 unspecified atom stereocenters. The zero-order chi connectivity index (χ0) is 18.6. The third-order valence-electron chi connectivity index (χ3n) is 5.15. The van der Waals surface area contributed by atoms with Crippen LogP contribution in [0.2, 0.25) is 0 Å². The summed E-state index contributed by atoms with van der Waals surface area (Å²) in [5.74, 6) is 1.10. The van der Waals surface area contributed by atoms with Gasteiger partial charge in [-0.15, -0.1) is 0 Å². The molecule has 0 saturated carbocycles. The maximum Gasteiger partial charge on any atom is 0.141 e. The molecule has 0 amide bonds. The molecule has 0 fully saturated rings. The molecule has 0 aliphatic carbocycles. The minimum atomic E-state index is 0.179. The Hall–Kier alpha value is -2.09. The fraction of sp³-hybridized carbons (Fsp3) is 0.458. The van der Waals surface area contributed by atoms with Crippen LogP contribution in [0.3, 0.4) is 0 Å². The summed E-state index contributed by atoms with van der Waals surface area (Å²) in [6.07, 6.45) is 6.47. The van der Waals surface area contributed by atoms with E-state index in [1.54, 1.807) is 0 Å². The second-order valence-corrected chi connectivity index (χ2v) is 8.32. The van der Waals surface area contributed by atoms with Gasteiger partial charge in [0.05, 0.1) is 11.0 Å². The van der Waals surface area contributed by atoms with Gasteiger partial charge in [-0.25, -0.2) is 4.98 Å². The summed E-state index contributed by atoms with van der Waals surface area (Å²) >= 11 is 0. The highest BCUT2D eigenvalue weighted by Crippen LogP contribution is 2.28. The molecule has 2 heteroatoms. The third-order valence-corrected chi connectivity index (χ3v) is 5.15. The van der Waals surface area contributed by atoms with E-state index in [1.165, 1.54) is 48.7 Å². The average Bonchev–Trinajstić information content (AvgIpc) is 3.00. The molecule has 2 aromatic carbocycles. The van der Waals surface area contributed by atoms with Crippen molar-refractivity contribution in [2.45, 2.75) is 71.8 Å². The van der Waals surface area contributed by atoms with Crippen molar-refractivity contribution in [1.29, 1.82) is 0 Å². The summed E-state index contributed by atoms with van der Waals surface area (Å²) in [5, 5.41) is 0. The van der Waals surface area contributed by atoms with Gasteiger partial charge >= 0.3 is 0 Å². The van der Waals surface area contributed by atoms with Gasteiger partial charge in [0, 0.05) is 12.1 Å². The summed E-state index contributed by atoms with van der Waals surface area (Å²) in [5.41, 5.74) is 5.10. The van der Waals surface area contributed by atoms with Crippen LogP contribution in [0.5, 0.6) is 0 Å². The van der Waals surface area contributed by atoms with E-state index >= 15 is 0 Å². The fourth-order valence-corrected chi connectivity index (χ4v) is 3.52. The van der Waals surface area contributed by atoms with Crippen LogP contribution in [0.1, 0.15) is 65.4 Å². The Kier molecular flexibility index (Phi) is 5.80. The quantitative estimate of drug-likeness (QED) is 0.421. The van der Waals surface area contributed by atoms with E-state index in [1.807, 2.05) is 0 Å². The lowest BCUT2D eigenvalue weighted by Gasteiger charge is -2.19. The van der Waals surface area contributed by atoms with Crippen molar-refractivity contribution in [2.75, 3.05) is 0 Å². The molecular weight excluding hydrogens is 316 g/mol. The molecule has 1 aromatic heterocycles. The lowest BCUT2D eigenvalue weighted by Crippen LogP contribution is -2.10. The first kappa shape index (κ1) is 18.7. The first-order valence-corrected chi connectivity index (χ1v) is 10.1. The number of aryl methyl sites for hydroxylation is 1. The smallest absolute Gasteiger partial charge is 0.141 e. The molecule has 0 aliphatic heterocycles. The van der Waals surface area contributed by atoms with Crippen LogP contribution in [-0.4, -0.2) is 9.55 Å². The van der Waals surface area contributed by atoms with E-state index in [-0.39, 0.29) is 5.41 Å². The van der Waals surface area contributed by atoms with Crippen molar-refractivity contribution in [2.24, 2.45) is 0 Å². The SMILES string of the molecule is CCCCCCCn1c(-c2ccc(C(C)(C)C)cc2)nc2ccccc21. The Bertz CT molecular complexity index is 835. The van der Waals surface area contributed by atoms with Crippen LogP contribution < -0.4 is 0 Å². The predicted molar refractivity (Wildman–Crippen MR) is 113 cm³/mol. The molecule has 3 aromatic rings. The van der Waals surface area contributed by atoms with Crippen molar-refractivity contribution in [3.63, 3.8) is 0 Å². The second-order valence-electron chi connectivity index (χ2n) is 8.32. The van der Waals surface area contributed by atoms with E-state index < -0.39 is 0 Å². The second kappa shape index (κ2) is 8.07. The Labute approximate surface area is 158 Å². The number of unbranched alkanes of at least 4 members (excludes halogenated alkanes) is 4. The highest BCUT2D eigenvalue weighted by Gasteiger charge is 2.15. The van der Waals surface area contributed by atoms with Crippen LogP contribution in [-0.2, 0) is 12.0 Å². The zero-order valence-electron chi connectivity index (χ0n) is 16.8. The molecule has 3 rings (SSSR count). The Balaban J connectivity index is 1.90. The van der Waals surface area contributed by atoms with Crippen LogP contribution in [0.25, 0.3) is 22.4 Å². The van der Waals surface area contributed by atoms with Gasteiger partial charge in [0.2, 0.25) is 0 Å². The molecule has 0 atom stereocenters. The molecule has 1 heterocycles. The minimum absolute atomic E-state index is 0.179. The van der Waals surface area contributed by atoms with Crippen LogP contribution >= 0.6 is 0 Å². The third kappa shape index (κ3) is 4.17. The number of imidazole rings is 1. The van der Waals surface area contributed by atoms with Crippen molar-refractivity contribution >= 4 is 11.0 Å². The number of rotatable bonds is 7. The van der Waals surface area contributed by atoms with Crippen molar-refractivity contribution < 1.29 is 0 Å². The number of benzene rings is 2. The first-order valence-electron chi connectivity index (χ1n) is 10.1. The molecule has 0 N–H and O–H groups in total. The fourth-order valence-electron chi connectivity index (χ4n) is 3.52. The lowest BCUT2D eigenvalue weighted by molar-refractivity contribution is 0.578. The van der Waals surface area contributed by atoms with Gasteiger partial charge in [0.1, 0.15) is 5.82 Å². The van der Waals surface area contributed by atoms with E-state index in [9.17, 15) is 0 Å². The summed E-state index contributed by atoms with van der Waals surface area (Å²) in [6, 6.07) is 17.5. The first-order chi connectivity index (χ1) is 12.5. The predicted octanol–water partition coefficient (Wildman–Crippen LogP) is 6.97. The number of fused-ring (bicyclic) bond motifs is 1. The van der Waals surface area contributed by atoms with Gasteiger partial charge in [0.25, 0.3) is 0 Å². The topological polar surface area (TPSA) is 17.8 Å². The Morgan fingerprint density at radius 3 is 2.23 bits per heavy atom. The molecule has 0 aliphatic rings. The summed E-state index contributed by atoms with van der Waals surface area (Å²) < 4.78 is 2.41. The van der Waals surface area contributed by atoms with E-state index in [0.717, 1.165) is 17.9 Å². The highest BCUT2D eigenvalue weighted by molar-refractivity contribution is 5.80. The molecule has 0 saturated heterocycles. The standard InChI is InChI=1S/C24H32N2/c1-5-6-7-8-11-18-26-22-13-10-9-12-21(22)25-23(26)19-14-16-20(17-15-19)24(2,3)4/h9-10,12-17H,5-8,11,18H2,1-4H3. The van der Waals surface area contributed by atoms with Gasteiger partial charge < -0.3 is 4.57 Å². The lowest BCUT2D eigenvalue weighted by atomic mass is 9.87. The number of hydrogen-bond donors (Lipinski definition) is 0. The van der Waals surface area contributed by atoms with Gasteiger partial charge in [-0.05, 0) is 29.5 Å². The van der Waals surface area contributed by atoms with Gasteiger partial charge in [-0.3, -0.25) is 0 Å². The zero-order valence-corrected chi connectivity index (χ0v) is 16.8. The maximum atomic E-state index is 4.95. The van der Waals surface area contributed by atoms with Gasteiger partial charge in [0.15, 0.2) is 0 Å². The number of nitrogens with zero attached hydrogens (tertiary/aromatic N) is 2. The molecule has 0 spiro atoms. The molecule has 0 bridgehead atoms. The monoisotopic (exact) mass is 348 g/mol. The normalized spacial score (nSPS) is 12.0. The van der Waals surface area contributed by atoms with Gasteiger partial charge in [-0.2, -0.15) is 0 Å². The molecular formula is C24H32N2. The van der Waals surface area contributed by atoms with Crippen molar-refractivity contribution in [3.05, 3.63) is 54.1 Å². The van der Waals surface area contributed by atoms with Crippen molar-refractivity contribution in [3.8, 4) is 11.4 Å². The molecule has 2 nitrogen and oxygen atoms in total. The van der Waals surface area contributed by atoms with Crippen LogP contribution in [0.15, 0.2) is 48.5 Å². The summed E-state index contributed by atoms with van der Waals surface area (Å²) in [4.78, 5) is 4.95. The molecule has 0 radical (unpaired) electrons. The Morgan fingerprint density at radius 2 is 1.54 bits per heavy atom. The van der Waals surface area contributed by atoms with E-state index in [0.29, 0.717) is 0 Å². The highest BCUT2D eigenvalue weighted by atomic mass is 15.1. The molecule has 138 valence electrons.